The maximum absolute atomic E-state index is 12.4. The van der Waals surface area contributed by atoms with E-state index in [1.165, 1.54) is 4.90 Å². The number of halogens is 4. The van der Waals surface area contributed by atoms with E-state index in [1.807, 2.05) is 0 Å². The van der Waals surface area contributed by atoms with Gasteiger partial charge in [-0.1, -0.05) is 46.4 Å². The van der Waals surface area contributed by atoms with Crippen molar-refractivity contribution in [2.24, 2.45) is 11.7 Å². The molecule has 154 valence electrons. The fourth-order valence-electron chi connectivity index (χ4n) is 3.74. The summed E-state index contributed by atoms with van der Waals surface area (Å²) in [6.07, 6.45) is -0.560. The number of alkyl halides is 3. The number of amides is 1. The molecular formula is C17H18Cl4N2O5. The number of carbonyl (C=O) groups is 2. The Morgan fingerprint density at radius 1 is 1.39 bits per heavy atom. The van der Waals surface area contributed by atoms with Gasteiger partial charge in [0.15, 0.2) is 5.72 Å². The van der Waals surface area contributed by atoms with Crippen molar-refractivity contribution in [3.8, 4) is 5.75 Å². The third-order valence-corrected chi connectivity index (χ3v) is 5.55. The van der Waals surface area contributed by atoms with Gasteiger partial charge < -0.3 is 19.5 Å². The molecule has 1 aromatic carbocycles. The highest BCUT2D eigenvalue weighted by atomic mass is 35.6. The summed E-state index contributed by atoms with van der Waals surface area (Å²) in [5.74, 6) is -1.46. The summed E-state index contributed by atoms with van der Waals surface area (Å²) in [4.78, 5) is 25.3. The SMILES string of the molecule is NC12CCN(C(=O)OCC(Cl)(Cl)Cl)CC1C(CC(=O)O)c1cc(Cl)ccc1O2. The van der Waals surface area contributed by atoms with E-state index in [1.54, 1.807) is 18.2 Å². The number of hydrogen-bond donors (Lipinski definition) is 2. The summed E-state index contributed by atoms with van der Waals surface area (Å²) in [5.41, 5.74) is 6.03. The fraction of sp³-hybridized carbons (Fsp3) is 0.529. The van der Waals surface area contributed by atoms with Crippen LogP contribution in [0.15, 0.2) is 18.2 Å². The quantitative estimate of drug-likeness (QED) is 0.650. The largest absolute Gasteiger partial charge is 0.481 e. The average Bonchev–Trinajstić information content (AvgIpc) is 2.58. The topological polar surface area (TPSA) is 102 Å². The second-order valence-corrected chi connectivity index (χ2v) is 9.87. The van der Waals surface area contributed by atoms with Crippen LogP contribution in [0.4, 0.5) is 4.79 Å². The number of aliphatic carboxylic acids is 1. The van der Waals surface area contributed by atoms with Crippen molar-refractivity contribution < 1.29 is 24.2 Å². The Morgan fingerprint density at radius 2 is 2.11 bits per heavy atom. The van der Waals surface area contributed by atoms with Gasteiger partial charge in [-0.2, -0.15) is 0 Å². The van der Waals surface area contributed by atoms with Gasteiger partial charge in [0.1, 0.15) is 12.4 Å². The minimum absolute atomic E-state index is 0.138. The van der Waals surface area contributed by atoms with Gasteiger partial charge in [-0.3, -0.25) is 10.5 Å². The normalized spacial score (nSPS) is 26.7. The molecule has 0 spiro atoms. The Morgan fingerprint density at radius 3 is 2.75 bits per heavy atom. The molecule has 0 saturated carbocycles. The third-order valence-electron chi connectivity index (χ3n) is 4.99. The molecule has 1 saturated heterocycles. The number of benzene rings is 1. The minimum Gasteiger partial charge on any atom is -0.481 e. The highest BCUT2D eigenvalue weighted by Crippen LogP contribution is 2.48. The van der Waals surface area contributed by atoms with E-state index in [-0.39, 0.29) is 19.5 Å². The monoisotopic (exact) mass is 470 g/mol. The lowest BCUT2D eigenvalue weighted by Crippen LogP contribution is -2.64. The van der Waals surface area contributed by atoms with Gasteiger partial charge >= 0.3 is 12.1 Å². The first-order valence-corrected chi connectivity index (χ1v) is 9.97. The molecular weight excluding hydrogens is 454 g/mol. The average molecular weight is 472 g/mol. The molecule has 0 radical (unpaired) electrons. The van der Waals surface area contributed by atoms with Crippen LogP contribution in [0, 0.1) is 5.92 Å². The molecule has 2 aliphatic heterocycles. The van der Waals surface area contributed by atoms with Crippen LogP contribution >= 0.6 is 46.4 Å². The van der Waals surface area contributed by atoms with Crippen LogP contribution in [-0.4, -0.2) is 51.3 Å². The molecule has 3 N–H and O–H groups in total. The number of carboxylic acid groups (broad SMARTS) is 1. The molecule has 7 nitrogen and oxygen atoms in total. The second-order valence-electron chi connectivity index (χ2n) is 6.92. The van der Waals surface area contributed by atoms with Crippen molar-refractivity contribution in [3.63, 3.8) is 0 Å². The van der Waals surface area contributed by atoms with Crippen molar-refractivity contribution in [1.29, 1.82) is 0 Å². The van der Waals surface area contributed by atoms with Crippen molar-refractivity contribution >= 4 is 58.5 Å². The Balaban J connectivity index is 1.86. The summed E-state index contributed by atoms with van der Waals surface area (Å²) < 4.78 is 9.33. The predicted molar refractivity (Wildman–Crippen MR) is 105 cm³/mol. The van der Waals surface area contributed by atoms with Gasteiger partial charge in [0.2, 0.25) is 3.79 Å². The van der Waals surface area contributed by atoms with E-state index in [4.69, 9.17) is 61.6 Å². The Kier molecular flexibility index (Phi) is 6.13. The number of ether oxygens (including phenoxy) is 2. The summed E-state index contributed by atoms with van der Waals surface area (Å²) in [6, 6.07) is 5.01. The zero-order chi connectivity index (χ0) is 20.7. The van der Waals surface area contributed by atoms with Crippen LogP contribution in [0.2, 0.25) is 5.02 Å². The molecule has 0 aliphatic carbocycles. The van der Waals surface area contributed by atoms with Crippen LogP contribution in [-0.2, 0) is 9.53 Å². The molecule has 0 bridgehead atoms. The van der Waals surface area contributed by atoms with Gasteiger partial charge in [-0.15, -0.1) is 0 Å². The molecule has 1 aromatic rings. The number of fused-ring (bicyclic) bond motifs is 2. The second kappa shape index (κ2) is 7.95. The molecule has 28 heavy (non-hydrogen) atoms. The van der Waals surface area contributed by atoms with Crippen LogP contribution in [0.1, 0.15) is 24.3 Å². The summed E-state index contributed by atoms with van der Waals surface area (Å²) in [5, 5.41) is 9.88. The Labute approximate surface area is 181 Å². The first-order valence-electron chi connectivity index (χ1n) is 8.46. The molecule has 1 fully saturated rings. The van der Waals surface area contributed by atoms with Gasteiger partial charge in [0.05, 0.1) is 6.42 Å². The van der Waals surface area contributed by atoms with Crippen LogP contribution in [0.25, 0.3) is 0 Å². The van der Waals surface area contributed by atoms with Crippen LogP contribution in [0.5, 0.6) is 5.75 Å². The maximum atomic E-state index is 12.4. The van der Waals surface area contributed by atoms with Gasteiger partial charge in [-0.05, 0) is 23.8 Å². The molecule has 0 aromatic heterocycles. The number of hydrogen-bond acceptors (Lipinski definition) is 5. The van der Waals surface area contributed by atoms with E-state index < -0.39 is 40.0 Å². The van der Waals surface area contributed by atoms with E-state index in [0.717, 1.165) is 0 Å². The minimum atomic E-state index is -1.72. The highest BCUT2D eigenvalue weighted by Gasteiger charge is 2.52. The molecule has 3 atom stereocenters. The van der Waals surface area contributed by atoms with Gasteiger partial charge in [0.25, 0.3) is 0 Å². The molecule has 1 amide bonds. The summed E-state index contributed by atoms with van der Waals surface area (Å²) >= 11 is 22.9. The number of nitrogens with zero attached hydrogens (tertiary/aromatic N) is 1. The third kappa shape index (κ3) is 4.71. The zero-order valence-corrected chi connectivity index (χ0v) is 17.6. The standard InChI is InChI=1S/C17H18Cl4N2O5/c18-9-1-2-13-11(5-9)10(6-14(24)25)12-7-23(4-3-16(12,22)28-13)15(26)27-8-17(19,20)21/h1-2,5,10,12H,3-4,6-8,22H2,(H,24,25). The first kappa shape index (κ1) is 21.6. The van der Waals surface area contributed by atoms with Crippen molar-refractivity contribution in [1.82, 2.24) is 4.90 Å². The molecule has 2 heterocycles. The highest BCUT2D eigenvalue weighted by molar-refractivity contribution is 6.67. The van der Waals surface area contributed by atoms with Crippen LogP contribution < -0.4 is 10.5 Å². The van der Waals surface area contributed by atoms with Gasteiger partial charge in [0, 0.05) is 36.4 Å². The van der Waals surface area contributed by atoms with E-state index >= 15 is 0 Å². The van der Waals surface area contributed by atoms with Crippen LogP contribution in [0.3, 0.4) is 0 Å². The van der Waals surface area contributed by atoms with Crippen molar-refractivity contribution in [2.75, 3.05) is 19.7 Å². The van der Waals surface area contributed by atoms with E-state index in [9.17, 15) is 14.7 Å². The number of carbonyl (C=O) groups excluding carboxylic acids is 1. The van der Waals surface area contributed by atoms with Crippen molar-refractivity contribution in [3.05, 3.63) is 28.8 Å². The predicted octanol–water partition coefficient (Wildman–Crippen LogP) is 3.77. The van der Waals surface area contributed by atoms with Crippen molar-refractivity contribution in [2.45, 2.75) is 28.3 Å². The molecule has 3 unspecified atom stereocenters. The molecule has 2 aliphatic rings. The lowest BCUT2D eigenvalue weighted by molar-refractivity contribution is -0.139. The van der Waals surface area contributed by atoms with E-state index in [0.29, 0.717) is 22.8 Å². The lowest BCUT2D eigenvalue weighted by atomic mass is 9.72. The maximum Gasteiger partial charge on any atom is 0.409 e. The molecule has 3 rings (SSSR count). The van der Waals surface area contributed by atoms with Gasteiger partial charge in [-0.25, -0.2) is 4.79 Å². The lowest BCUT2D eigenvalue weighted by Gasteiger charge is -2.51. The first-order chi connectivity index (χ1) is 13.0. The Bertz CT molecular complexity index is 787. The fourth-order valence-corrected chi connectivity index (χ4v) is 4.08. The smallest absolute Gasteiger partial charge is 0.409 e. The number of carboxylic acids is 1. The number of rotatable bonds is 3. The van der Waals surface area contributed by atoms with E-state index in [2.05, 4.69) is 0 Å². The molecule has 11 heteroatoms. The summed E-state index contributed by atoms with van der Waals surface area (Å²) in [6.45, 7) is -0.00751. The zero-order valence-electron chi connectivity index (χ0n) is 14.5. The number of likely N-dealkylation sites (tertiary alicyclic amines) is 1. The number of piperidine rings is 1. The summed E-state index contributed by atoms with van der Waals surface area (Å²) in [7, 11) is 0. The number of nitrogens with two attached hydrogens (primary N) is 1. The Hall–Kier alpha value is -1.12.